The molecule has 2 N–H and O–H groups in total. The molecule has 1 aromatic heterocycles. The van der Waals surface area contributed by atoms with Gasteiger partial charge in [-0.1, -0.05) is 43.9 Å². The maximum atomic E-state index is 12.1. The number of fused-ring (bicyclic) bond motifs is 1. The van der Waals surface area contributed by atoms with Gasteiger partial charge in [-0.05, 0) is 25.0 Å². The highest BCUT2D eigenvalue weighted by molar-refractivity contribution is 5.90. The van der Waals surface area contributed by atoms with Gasteiger partial charge in [0.1, 0.15) is 0 Å². The Bertz CT molecular complexity index is 643. The Hall–Kier alpha value is -2.10. The zero-order valence-electron chi connectivity index (χ0n) is 13.6. The second-order valence-corrected chi connectivity index (χ2v) is 6.31. The Morgan fingerprint density at radius 2 is 1.87 bits per heavy atom. The molecule has 1 fully saturated rings. The van der Waals surface area contributed by atoms with Gasteiger partial charge in [-0.3, -0.25) is 9.78 Å². The number of para-hydroxylation sites is 1. The standard InChI is InChI=1S/C19H25N3O/c23-18(22-16-9-3-1-2-4-10-16)12-14-20-17-11-5-7-15-8-6-13-21-19(15)17/h5-8,11,13,16,20H,1-4,9-10,12,14H2,(H,22,23). The van der Waals surface area contributed by atoms with E-state index in [9.17, 15) is 4.79 Å². The third-order valence-corrected chi connectivity index (χ3v) is 4.52. The SMILES string of the molecule is O=C(CCNc1cccc2cccnc12)NC1CCCCCC1. The molecule has 0 bridgehead atoms. The van der Waals surface area contributed by atoms with Crippen molar-refractivity contribution < 1.29 is 4.79 Å². The van der Waals surface area contributed by atoms with Crippen LogP contribution in [0.4, 0.5) is 5.69 Å². The quantitative estimate of drug-likeness (QED) is 0.824. The molecule has 122 valence electrons. The molecule has 4 nitrogen and oxygen atoms in total. The van der Waals surface area contributed by atoms with Gasteiger partial charge in [0.2, 0.25) is 5.91 Å². The summed E-state index contributed by atoms with van der Waals surface area (Å²) in [6.07, 6.45) is 9.66. The Morgan fingerprint density at radius 3 is 2.70 bits per heavy atom. The van der Waals surface area contributed by atoms with Gasteiger partial charge in [0.05, 0.1) is 11.2 Å². The monoisotopic (exact) mass is 311 g/mol. The zero-order chi connectivity index (χ0) is 15.9. The van der Waals surface area contributed by atoms with Gasteiger partial charge in [-0.15, -0.1) is 0 Å². The van der Waals surface area contributed by atoms with Crippen molar-refractivity contribution in [3.8, 4) is 0 Å². The summed E-state index contributed by atoms with van der Waals surface area (Å²) in [5.41, 5.74) is 1.95. The molecule has 0 radical (unpaired) electrons. The molecule has 1 aromatic carbocycles. The molecule has 1 aliphatic carbocycles. The van der Waals surface area contributed by atoms with Crippen LogP contribution in [0.1, 0.15) is 44.9 Å². The van der Waals surface area contributed by atoms with Gasteiger partial charge >= 0.3 is 0 Å². The van der Waals surface area contributed by atoms with Crippen molar-refractivity contribution in [3.63, 3.8) is 0 Å². The average molecular weight is 311 g/mol. The number of aromatic nitrogens is 1. The van der Waals surface area contributed by atoms with Crippen molar-refractivity contribution in [1.82, 2.24) is 10.3 Å². The molecule has 23 heavy (non-hydrogen) atoms. The molecule has 2 aromatic rings. The van der Waals surface area contributed by atoms with Crippen molar-refractivity contribution in [3.05, 3.63) is 36.5 Å². The number of anilines is 1. The number of carbonyl (C=O) groups is 1. The lowest BCUT2D eigenvalue weighted by Gasteiger charge is -2.16. The van der Waals surface area contributed by atoms with Crippen LogP contribution in [0.2, 0.25) is 0 Å². The number of nitrogens with zero attached hydrogens (tertiary/aromatic N) is 1. The van der Waals surface area contributed by atoms with E-state index in [4.69, 9.17) is 0 Å². The van der Waals surface area contributed by atoms with Crippen LogP contribution in [0, 0.1) is 0 Å². The topological polar surface area (TPSA) is 54.0 Å². The summed E-state index contributed by atoms with van der Waals surface area (Å²) in [7, 11) is 0. The minimum atomic E-state index is 0.151. The van der Waals surface area contributed by atoms with Crippen LogP contribution in [0.25, 0.3) is 10.9 Å². The third-order valence-electron chi connectivity index (χ3n) is 4.52. The lowest BCUT2D eigenvalue weighted by atomic mass is 10.1. The lowest BCUT2D eigenvalue weighted by Crippen LogP contribution is -2.35. The number of rotatable bonds is 5. The molecule has 0 aliphatic heterocycles. The Morgan fingerprint density at radius 1 is 1.09 bits per heavy atom. The summed E-state index contributed by atoms with van der Waals surface area (Å²) in [5.74, 6) is 0.151. The smallest absolute Gasteiger partial charge is 0.221 e. The van der Waals surface area contributed by atoms with Crippen LogP contribution >= 0.6 is 0 Å². The van der Waals surface area contributed by atoms with Crippen LogP contribution in [0.3, 0.4) is 0 Å². The number of hydrogen-bond acceptors (Lipinski definition) is 3. The second-order valence-electron chi connectivity index (χ2n) is 6.31. The number of hydrogen-bond donors (Lipinski definition) is 2. The van der Waals surface area contributed by atoms with E-state index in [-0.39, 0.29) is 5.91 Å². The summed E-state index contributed by atoms with van der Waals surface area (Å²) >= 11 is 0. The van der Waals surface area contributed by atoms with E-state index in [1.807, 2.05) is 30.3 Å². The normalized spacial score (nSPS) is 16.0. The number of pyridine rings is 1. The van der Waals surface area contributed by atoms with Gasteiger partial charge in [0.15, 0.2) is 0 Å². The van der Waals surface area contributed by atoms with E-state index in [0.717, 1.165) is 29.4 Å². The first-order valence-electron chi connectivity index (χ1n) is 8.70. The fraction of sp³-hybridized carbons (Fsp3) is 0.474. The maximum Gasteiger partial charge on any atom is 0.221 e. The van der Waals surface area contributed by atoms with Crippen LogP contribution in [-0.2, 0) is 4.79 Å². The van der Waals surface area contributed by atoms with Gasteiger partial charge in [-0.2, -0.15) is 0 Å². The summed E-state index contributed by atoms with van der Waals surface area (Å²) < 4.78 is 0. The van der Waals surface area contributed by atoms with E-state index in [0.29, 0.717) is 19.0 Å². The Labute approximate surface area is 137 Å². The first-order chi connectivity index (χ1) is 11.3. The molecular formula is C19H25N3O. The van der Waals surface area contributed by atoms with Crippen LogP contribution < -0.4 is 10.6 Å². The van der Waals surface area contributed by atoms with Crippen LogP contribution in [0.5, 0.6) is 0 Å². The number of amides is 1. The van der Waals surface area contributed by atoms with E-state index in [1.165, 1.54) is 25.7 Å². The van der Waals surface area contributed by atoms with Crippen LogP contribution in [-0.4, -0.2) is 23.5 Å². The summed E-state index contributed by atoms with van der Waals surface area (Å²) in [4.78, 5) is 16.5. The molecule has 0 atom stereocenters. The number of carbonyl (C=O) groups excluding carboxylic acids is 1. The highest BCUT2D eigenvalue weighted by atomic mass is 16.1. The minimum Gasteiger partial charge on any atom is -0.383 e. The number of nitrogens with one attached hydrogen (secondary N) is 2. The molecule has 1 amide bonds. The van der Waals surface area contributed by atoms with Crippen molar-refractivity contribution in [2.75, 3.05) is 11.9 Å². The molecule has 1 saturated carbocycles. The molecule has 0 saturated heterocycles. The number of benzene rings is 1. The minimum absolute atomic E-state index is 0.151. The van der Waals surface area contributed by atoms with Crippen molar-refractivity contribution >= 4 is 22.5 Å². The average Bonchev–Trinajstić information content (AvgIpc) is 2.84. The van der Waals surface area contributed by atoms with Gasteiger partial charge in [-0.25, -0.2) is 0 Å². The van der Waals surface area contributed by atoms with Gasteiger partial charge in [0.25, 0.3) is 0 Å². The first kappa shape index (κ1) is 15.8. The fourth-order valence-electron chi connectivity index (χ4n) is 3.28. The largest absolute Gasteiger partial charge is 0.383 e. The zero-order valence-corrected chi connectivity index (χ0v) is 13.6. The van der Waals surface area contributed by atoms with E-state index in [1.54, 1.807) is 6.20 Å². The third kappa shape index (κ3) is 4.44. The Kier molecular flexibility index (Phi) is 5.46. The highest BCUT2D eigenvalue weighted by Gasteiger charge is 2.14. The molecule has 0 spiro atoms. The van der Waals surface area contributed by atoms with Crippen LogP contribution in [0.15, 0.2) is 36.5 Å². The molecule has 1 aliphatic rings. The molecule has 3 rings (SSSR count). The van der Waals surface area contributed by atoms with Crippen molar-refractivity contribution in [2.45, 2.75) is 51.0 Å². The molecule has 1 heterocycles. The molecule has 0 unspecified atom stereocenters. The molecular weight excluding hydrogens is 286 g/mol. The van der Waals surface area contributed by atoms with Gasteiger partial charge < -0.3 is 10.6 Å². The Balaban J connectivity index is 1.49. The van der Waals surface area contributed by atoms with E-state index in [2.05, 4.69) is 15.6 Å². The molecule has 4 heteroatoms. The van der Waals surface area contributed by atoms with E-state index >= 15 is 0 Å². The lowest BCUT2D eigenvalue weighted by molar-refractivity contribution is -0.121. The first-order valence-corrected chi connectivity index (χ1v) is 8.70. The van der Waals surface area contributed by atoms with Crippen molar-refractivity contribution in [1.29, 1.82) is 0 Å². The maximum absolute atomic E-state index is 12.1. The van der Waals surface area contributed by atoms with Crippen molar-refractivity contribution in [2.24, 2.45) is 0 Å². The second kappa shape index (κ2) is 7.95. The summed E-state index contributed by atoms with van der Waals surface area (Å²) in [6, 6.07) is 10.4. The predicted molar refractivity (Wildman–Crippen MR) is 94.5 cm³/mol. The highest BCUT2D eigenvalue weighted by Crippen LogP contribution is 2.20. The summed E-state index contributed by atoms with van der Waals surface area (Å²) in [6.45, 7) is 0.633. The predicted octanol–water partition coefficient (Wildman–Crippen LogP) is 3.88. The summed E-state index contributed by atoms with van der Waals surface area (Å²) in [5, 5.41) is 7.64. The van der Waals surface area contributed by atoms with E-state index < -0.39 is 0 Å². The van der Waals surface area contributed by atoms with Gasteiger partial charge in [0, 0.05) is 30.6 Å². The fourth-order valence-corrected chi connectivity index (χ4v) is 3.28.